The number of nitrogens with one attached hydrogen (secondary N) is 1. The maximum atomic E-state index is 13.8. The highest BCUT2D eigenvalue weighted by atomic mass is 19.1. The lowest BCUT2D eigenvalue weighted by atomic mass is 10.1. The van der Waals surface area contributed by atoms with E-state index in [9.17, 15) is 9.18 Å². The molecule has 0 radical (unpaired) electrons. The van der Waals surface area contributed by atoms with Gasteiger partial charge in [-0.25, -0.2) is 9.38 Å². The third kappa shape index (κ3) is 4.08. The highest BCUT2D eigenvalue weighted by molar-refractivity contribution is 6.14. The van der Waals surface area contributed by atoms with Gasteiger partial charge in [0, 0.05) is 6.42 Å². The van der Waals surface area contributed by atoms with Crippen LogP contribution in [0.4, 0.5) is 4.39 Å². The van der Waals surface area contributed by atoms with Crippen molar-refractivity contribution in [1.82, 2.24) is 5.32 Å². The molecule has 0 spiro atoms. The third-order valence-corrected chi connectivity index (χ3v) is 4.01. The van der Waals surface area contributed by atoms with Gasteiger partial charge in [0.25, 0.3) is 5.91 Å². The Kier molecular flexibility index (Phi) is 5.31. The molecule has 134 valence electrons. The Morgan fingerprint density at radius 1 is 1.12 bits per heavy atom. The second kappa shape index (κ2) is 7.82. The Labute approximate surface area is 151 Å². The molecule has 1 amide bonds. The van der Waals surface area contributed by atoms with Gasteiger partial charge >= 0.3 is 0 Å². The number of ether oxygens (including phenoxy) is 2. The monoisotopic (exact) mass is 354 g/mol. The summed E-state index contributed by atoms with van der Waals surface area (Å²) < 4.78 is 23.9. The summed E-state index contributed by atoms with van der Waals surface area (Å²) in [6, 6.07) is 12.3. The zero-order valence-corrected chi connectivity index (χ0v) is 14.6. The molecule has 0 bridgehead atoms. The van der Waals surface area contributed by atoms with E-state index in [2.05, 4.69) is 10.3 Å². The first-order chi connectivity index (χ1) is 12.6. The van der Waals surface area contributed by atoms with Crippen LogP contribution in [-0.4, -0.2) is 26.0 Å². The second-order valence-electron chi connectivity index (χ2n) is 5.79. The Bertz CT molecular complexity index is 890. The van der Waals surface area contributed by atoms with E-state index in [1.165, 1.54) is 19.2 Å². The number of hydrogen-bond acceptors (Lipinski definition) is 4. The van der Waals surface area contributed by atoms with Crippen molar-refractivity contribution in [2.45, 2.75) is 12.8 Å². The molecule has 0 aromatic heterocycles. The van der Waals surface area contributed by atoms with Gasteiger partial charge in [-0.15, -0.1) is 0 Å². The second-order valence-corrected chi connectivity index (χ2v) is 5.79. The van der Waals surface area contributed by atoms with Crippen LogP contribution in [-0.2, 0) is 11.2 Å². The number of nitrogens with zero attached hydrogens (tertiary/aromatic N) is 1. The number of aliphatic imine (C=N–C) groups is 1. The predicted molar refractivity (Wildman–Crippen MR) is 97.8 cm³/mol. The van der Waals surface area contributed by atoms with Crippen LogP contribution in [0.25, 0.3) is 6.08 Å². The van der Waals surface area contributed by atoms with Crippen molar-refractivity contribution in [3.8, 4) is 11.5 Å². The molecule has 26 heavy (non-hydrogen) atoms. The van der Waals surface area contributed by atoms with E-state index in [4.69, 9.17) is 9.47 Å². The zero-order chi connectivity index (χ0) is 18.5. The lowest BCUT2D eigenvalue weighted by Crippen LogP contribution is -2.24. The van der Waals surface area contributed by atoms with Gasteiger partial charge in [0.2, 0.25) is 0 Å². The minimum Gasteiger partial charge on any atom is -0.497 e. The quantitative estimate of drug-likeness (QED) is 0.810. The fraction of sp³-hybridized carbons (Fsp3) is 0.200. The largest absolute Gasteiger partial charge is 0.497 e. The Balaban J connectivity index is 1.71. The summed E-state index contributed by atoms with van der Waals surface area (Å²) in [5, 5.41) is 2.75. The van der Waals surface area contributed by atoms with E-state index >= 15 is 0 Å². The maximum absolute atomic E-state index is 13.8. The average Bonchev–Trinajstić information content (AvgIpc) is 3.00. The predicted octanol–water partition coefficient (Wildman–Crippen LogP) is 3.34. The summed E-state index contributed by atoms with van der Waals surface area (Å²) in [4.78, 5) is 16.4. The van der Waals surface area contributed by atoms with Crippen LogP contribution >= 0.6 is 0 Å². The van der Waals surface area contributed by atoms with Crippen molar-refractivity contribution in [2.24, 2.45) is 4.99 Å². The Morgan fingerprint density at radius 3 is 2.69 bits per heavy atom. The van der Waals surface area contributed by atoms with Crippen molar-refractivity contribution in [3.05, 3.63) is 65.1 Å². The van der Waals surface area contributed by atoms with Gasteiger partial charge in [0.15, 0.2) is 11.6 Å². The van der Waals surface area contributed by atoms with E-state index in [0.717, 1.165) is 17.7 Å². The summed E-state index contributed by atoms with van der Waals surface area (Å²) in [5.74, 6) is 0.773. The number of carbonyl (C=O) groups excluding carboxylic acids is 1. The number of carbonyl (C=O) groups is 1. The fourth-order valence-electron chi connectivity index (χ4n) is 2.66. The van der Waals surface area contributed by atoms with Crippen LogP contribution in [0.5, 0.6) is 11.5 Å². The first-order valence-corrected chi connectivity index (χ1v) is 8.16. The topological polar surface area (TPSA) is 59.9 Å². The zero-order valence-electron chi connectivity index (χ0n) is 14.6. The number of amides is 1. The summed E-state index contributed by atoms with van der Waals surface area (Å²) in [7, 11) is 3.03. The molecule has 2 aromatic rings. The van der Waals surface area contributed by atoms with Gasteiger partial charge in [-0.05, 0) is 47.9 Å². The standard InChI is InChI=1S/C20H19FN2O3/c1-25-15-5-3-4-13(10-15)7-9-19-22-17(20(24)23-19)12-14-6-8-18(26-2)16(21)11-14/h3-6,8,10-12H,7,9H2,1-2H3,(H,22,23,24)/b17-12+. The maximum Gasteiger partial charge on any atom is 0.275 e. The molecule has 0 unspecified atom stereocenters. The molecule has 1 heterocycles. The molecule has 1 aliphatic rings. The van der Waals surface area contributed by atoms with Crippen molar-refractivity contribution in [2.75, 3.05) is 14.2 Å². The smallest absolute Gasteiger partial charge is 0.275 e. The summed E-state index contributed by atoms with van der Waals surface area (Å²) in [5.41, 5.74) is 1.90. The minimum atomic E-state index is -0.484. The first kappa shape index (κ1) is 17.7. The number of benzene rings is 2. The van der Waals surface area contributed by atoms with E-state index < -0.39 is 5.82 Å². The van der Waals surface area contributed by atoms with Gasteiger partial charge in [0.1, 0.15) is 17.3 Å². The lowest BCUT2D eigenvalue weighted by Gasteiger charge is -2.04. The minimum absolute atomic E-state index is 0.158. The van der Waals surface area contributed by atoms with Gasteiger partial charge in [-0.2, -0.15) is 0 Å². The molecule has 0 aliphatic carbocycles. The number of halogens is 1. The normalized spacial score (nSPS) is 15.0. The molecular formula is C20H19FN2O3. The van der Waals surface area contributed by atoms with Crippen LogP contribution in [0, 0.1) is 5.82 Å². The highest BCUT2D eigenvalue weighted by Crippen LogP contribution is 2.21. The SMILES string of the molecule is COc1cccc(CCC2=N/C(=C/c3ccc(OC)c(F)c3)C(=O)N2)c1. The summed E-state index contributed by atoms with van der Waals surface area (Å²) in [6.07, 6.45) is 2.87. The average molecular weight is 354 g/mol. The van der Waals surface area contributed by atoms with Gasteiger partial charge in [0.05, 0.1) is 14.2 Å². The molecule has 1 aliphatic heterocycles. The Morgan fingerprint density at radius 2 is 1.96 bits per heavy atom. The summed E-state index contributed by atoms with van der Waals surface area (Å²) >= 11 is 0. The summed E-state index contributed by atoms with van der Waals surface area (Å²) in [6.45, 7) is 0. The number of methoxy groups -OCH3 is 2. The van der Waals surface area contributed by atoms with E-state index in [1.807, 2.05) is 24.3 Å². The molecule has 0 saturated heterocycles. The van der Waals surface area contributed by atoms with Crippen molar-refractivity contribution in [3.63, 3.8) is 0 Å². The molecular weight excluding hydrogens is 335 g/mol. The van der Waals surface area contributed by atoms with E-state index in [0.29, 0.717) is 17.8 Å². The van der Waals surface area contributed by atoms with Crippen molar-refractivity contribution in [1.29, 1.82) is 0 Å². The number of aryl methyl sites for hydroxylation is 1. The molecule has 0 atom stereocenters. The fourth-order valence-corrected chi connectivity index (χ4v) is 2.66. The van der Waals surface area contributed by atoms with Crippen LogP contribution in [0.3, 0.4) is 0 Å². The number of amidine groups is 1. The third-order valence-electron chi connectivity index (χ3n) is 4.01. The Hall–Kier alpha value is -3.15. The van der Waals surface area contributed by atoms with Crippen LogP contribution < -0.4 is 14.8 Å². The van der Waals surface area contributed by atoms with Gasteiger partial charge in [-0.3, -0.25) is 4.79 Å². The van der Waals surface area contributed by atoms with Crippen molar-refractivity contribution < 1.29 is 18.7 Å². The van der Waals surface area contributed by atoms with Crippen molar-refractivity contribution >= 4 is 17.8 Å². The van der Waals surface area contributed by atoms with Crippen LogP contribution in [0.15, 0.2) is 53.2 Å². The molecule has 5 nitrogen and oxygen atoms in total. The molecule has 3 rings (SSSR count). The molecule has 2 aromatic carbocycles. The van der Waals surface area contributed by atoms with Crippen LogP contribution in [0.1, 0.15) is 17.5 Å². The lowest BCUT2D eigenvalue weighted by molar-refractivity contribution is -0.115. The molecule has 6 heteroatoms. The number of hydrogen-bond donors (Lipinski definition) is 1. The molecule has 1 N–H and O–H groups in total. The van der Waals surface area contributed by atoms with E-state index in [-0.39, 0.29) is 17.4 Å². The van der Waals surface area contributed by atoms with Gasteiger partial charge < -0.3 is 14.8 Å². The first-order valence-electron chi connectivity index (χ1n) is 8.16. The van der Waals surface area contributed by atoms with Gasteiger partial charge in [-0.1, -0.05) is 18.2 Å². The molecule has 0 fully saturated rings. The highest BCUT2D eigenvalue weighted by Gasteiger charge is 2.19. The molecule has 0 saturated carbocycles. The van der Waals surface area contributed by atoms with Crippen LogP contribution in [0.2, 0.25) is 0 Å². The number of rotatable bonds is 6. The van der Waals surface area contributed by atoms with E-state index in [1.54, 1.807) is 19.3 Å².